The fourth-order valence-electron chi connectivity index (χ4n) is 2.31. The van der Waals surface area contributed by atoms with Gasteiger partial charge in [0.05, 0.1) is 17.2 Å². The van der Waals surface area contributed by atoms with Gasteiger partial charge in [-0.15, -0.1) is 0 Å². The van der Waals surface area contributed by atoms with E-state index in [0.29, 0.717) is 22.4 Å². The first-order valence-electron chi connectivity index (χ1n) is 8.31. The maximum atomic E-state index is 13.0. The first-order valence-corrected chi connectivity index (χ1v) is 9.13. The van der Waals surface area contributed by atoms with Crippen LogP contribution < -0.4 is 4.74 Å². The molecule has 2 aromatic rings. The molecule has 0 N–H and O–H groups in total. The number of amidine groups is 1. The van der Waals surface area contributed by atoms with E-state index in [0.717, 1.165) is 17.7 Å². The van der Waals surface area contributed by atoms with Crippen molar-refractivity contribution in [2.75, 3.05) is 13.7 Å². The number of nitrogens with zero attached hydrogens (tertiary/aromatic N) is 2. The Bertz CT molecular complexity index is 845. The first kappa shape index (κ1) is 18.2. The Balaban J connectivity index is 1.77. The van der Waals surface area contributed by atoms with Crippen LogP contribution in [0.3, 0.4) is 0 Å². The first-order chi connectivity index (χ1) is 12.6. The molecule has 134 valence electrons. The molecule has 0 unspecified atom stereocenters. The molecular formula is C20H19FN2O2S. The van der Waals surface area contributed by atoms with Crippen LogP contribution in [0.5, 0.6) is 5.75 Å². The maximum absolute atomic E-state index is 13.0. The number of carbonyl (C=O) groups excluding carboxylic acids is 1. The number of likely N-dealkylation sites (N-methyl/N-ethyl adjacent to an activating group) is 1. The van der Waals surface area contributed by atoms with E-state index >= 15 is 0 Å². The molecule has 6 heteroatoms. The van der Waals surface area contributed by atoms with Crippen LogP contribution in [0.4, 0.5) is 10.1 Å². The van der Waals surface area contributed by atoms with E-state index in [1.807, 2.05) is 30.3 Å². The molecule has 1 aliphatic heterocycles. The van der Waals surface area contributed by atoms with Crippen molar-refractivity contribution in [3.05, 3.63) is 64.8 Å². The number of hydrogen-bond acceptors (Lipinski definition) is 4. The van der Waals surface area contributed by atoms with Crippen molar-refractivity contribution in [3.63, 3.8) is 0 Å². The number of hydrogen-bond donors (Lipinski definition) is 0. The standard InChI is InChI=1S/C20H19FN2O2S/c1-3-12-25-17-10-4-14(5-11-17)13-18-19(24)23(2)20(26-18)22-16-8-6-15(21)7-9-16/h4-11,13H,3,12H2,1-2H3/b18-13+,22-20?. The number of carbonyl (C=O) groups is 1. The van der Waals surface area contributed by atoms with Crippen molar-refractivity contribution in [2.45, 2.75) is 13.3 Å². The molecule has 1 saturated heterocycles. The zero-order valence-electron chi connectivity index (χ0n) is 14.6. The zero-order chi connectivity index (χ0) is 18.5. The second kappa shape index (κ2) is 8.19. The molecule has 0 spiro atoms. The molecule has 1 heterocycles. The third-order valence-corrected chi connectivity index (χ3v) is 4.77. The van der Waals surface area contributed by atoms with E-state index in [1.165, 1.54) is 28.8 Å². The topological polar surface area (TPSA) is 41.9 Å². The zero-order valence-corrected chi connectivity index (χ0v) is 15.4. The lowest BCUT2D eigenvalue weighted by Crippen LogP contribution is -2.23. The van der Waals surface area contributed by atoms with Gasteiger partial charge in [-0.1, -0.05) is 19.1 Å². The number of thioether (sulfide) groups is 1. The Labute approximate surface area is 156 Å². The molecule has 2 aromatic carbocycles. The Morgan fingerprint density at radius 3 is 2.50 bits per heavy atom. The molecular weight excluding hydrogens is 351 g/mol. The van der Waals surface area contributed by atoms with Crippen molar-refractivity contribution < 1.29 is 13.9 Å². The number of amides is 1. The molecule has 0 bridgehead atoms. The monoisotopic (exact) mass is 370 g/mol. The average Bonchev–Trinajstić information content (AvgIpc) is 2.91. The summed E-state index contributed by atoms with van der Waals surface area (Å²) >= 11 is 1.30. The normalized spacial score (nSPS) is 17.3. The summed E-state index contributed by atoms with van der Waals surface area (Å²) in [6.07, 6.45) is 2.79. The lowest BCUT2D eigenvalue weighted by Gasteiger charge is -2.07. The lowest BCUT2D eigenvalue weighted by atomic mass is 10.2. The third-order valence-electron chi connectivity index (χ3n) is 3.71. The van der Waals surface area contributed by atoms with Gasteiger partial charge in [0.25, 0.3) is 5.91 Å². The van der Waals surface area contributed by atoms with Crippen LogP contribution in [0.15, 0.2) is 58.4 Å². The predicted octanol–water partition coefficient (Wildman–Crippen LogP) is 4.85. The summed E-state index contributed by atoms with van der Waals surface area (Å²) in [6.45, 7) is 2.74. The summed E-state index contributed by atoms with van der Waals surface area (Å²) in [5.74, 6) is 0.390. The van der Waals surface area contributed by atoms with Crippen molar-refractivity contribution >= 4 is 34.6 Å². The third kappa shape index (κ3) is 4.32. The van der Waals surface area contributed by atoms with Crippen molar-refractivity contribution in [1.82, 2.24) is 4.90 Å². The summed E-state index contributed by atoms with van der Waals surface area (Å²) in [4.78, 5) is 19.0. The number of ether oxygens (including phenoxy) is 1. The minimum Gasteiger partial charge on any atom is -0.494 e. The summed E-state index contributed by atoms with van der Waals surface area (Å²) < 4.78 is 18.6. The second-order valence-corrected chi connectivity index (χ2v) is 6.77. The lowest BCUT2D eigenvalue weighted by molar-refractivity contribution is -0.121. The fraction of sp³-hybridized carbons (Fsp3) is 0.200. The summed E-state index contributed by atoms with van der Waals surface area (Å²) in [5, 5.41) is 0.566. The van der Waals surface area contributed by atoms with Crippen LogP contribution >= 0.6 is 11.8 Å². The number of benzene rings is 2. The van der Waals surface area contributed by atoms with Crippen LogP contribution in [-0.4, -0.2) is 29.6 Å². The van der Waals surface area contributed by atoms with E-state index < -0.39 is 0 Å². The molecule has 0 aliphatic carbocycles. The van der Waals surface area contributed by atoms with Gasteiger partial charge in [0.1, 0.15) is 11.6 Å². The van der Waals surface area contributed by atoms with E-state index in [1.54, 1.807) is 19.2 Å². The molecule has 1 aliphatic rings. The number of rotatable bonds is 5. The minimum atomic E-state index is -0.315. The average molecular weight is 370 g/mol. The number of halogens is 1. The summed E-state index contributed by atoms with van der Waals surface area (Å²) in [6, 6.07) is 13.5. The van der Waals surface area contributed by atoms with Crippen LogP contribution in [0, 0.1) is 5.82 Å². The van der Waals surface area contributed by atoms with E-state index in [4.69, 9.17) is 4.74 Å². The van der Waals surface area contributed by atoms with Gasteiger partial charge in [0.2, 0.25) is 0 Å². The van der Waals surface area contributed by atoms with E-state index in [2.05, 4.69) is 11.9 Å². The van der Waals surface area contributed by atoms with Crippen LogP contribution in [0.2, 0.25) is 0 Å². The number of aliphatic imine (C=N–C) groups is 1. The van der Waals surface area contributed by atoms with Crippen LogP contribution in [-0.2, 0) is 4.79 Å². The Hall–Kier alpha value is -2.60. The van der Waals surface area contributed by atoms with Gasteiger partial charge >= 0.3 is 0 Å². The highest BCUT2D eigenvalue weighted by atomic mass is 32.2. The largest absolute Gasteiger partial charge is 0.494 e. The van der Waals surface area contributed by atoms with Crippen LogP contribution in [0.25, 0.3) is 6.08 Å². The SMILES string of the molecule is CCCOc1ccc(/C=C2/SC(=Nc3ccc(F)cc3)N(C)C2=O)cc1. The van der Waals surface area contributed by atoms with Gasteiger partial charge in [-0.25, -0.2) is 9.38 Å². The smallest absolute Gasteiger partial charge is 0.266 e. The maximum Gasteiger partial charge on any atom is 0.266 e. The van der Waals surface area contributed by atoms with Gasteiger partial charge < -0.3 is 4.74 Å². The highest BCUT2D eigenvalue weighted by Gasteiger charge is 2.30. The predicted molar refractivity (Wildman–Crippen MR) is 104 cm³/mol. The molecule has 1 fully saturated rings. The van der Waals surface area contributed by atoms with Crippen molar-refractivity contribution in [2.24, 2.45) is 4.99 Å². The van der Waals surface area contributed by atoms with Crippen molar-refractivity contribution in [1.29, 1.82) is 0 Å². The van der Waals surface area contributed by atoms with E-state index in [-0.39, 0.29) is 11.7 Å². The summed E-state index contributed by atoms with van der Waals surface area (Å²) in [5.41, 5.74) is 1.52. The summed E-state index contributed by atoms with van der Waals surface area (Å²) in [7, 11) is 1.68. The Kier molecular flexibility index (Phi) is 5.73. The molecule has 1 amide bonds. The molecule has 26 heavy (non-hydrogen) atoms. The highest BCUT2D eigenvalue weighted by Crippen LogP contribution is 2.33. The molecule has 0 radical (unpaired) electrons. The van der Waals surface area contributed by atoms with E-state index in [9.17, 15) is 9.18 Å². The molecule has 4 nitrogen and oxygen atoms in total. The molecule has 0 aromatic heterocycles. The van der Waals surface area contributed by atoms with Gasteiger partial charge in [-0.3, -0.25) is 9.69 Å². The van der Waals surface area contributed by atoms with Gasteiger partial charge in [0.15, 0.2) is 5.17 Å². The Morgan fingerprint density at radius 2 is 1.85 bits per heavy atom. The van der Waals surface area contributed by atoms with Crippen molar-refractivity contribution in [3.8, 4) is 5.75 Å². The Morgan fingerprint density at radius 1 is 1.15 bits per heavy atom. The molecule has 0 atom stereocenters. The molecule has 3 rings (SSSR count). The second-order valence-electron chi connectivity index (χ2n) is 5.76. The fourth-order valence-corrected chi connectivity index (χ4v) is 3.30. The van der Waals surface area contributed by atoms with Gasteiger partial charge in [0, 0.05) is 7.05 Å². The van der Waals surface area contributed by atoms with Gasteiger partial charge in [-0.2, -0.15) is 0 Å². The highest BCUT2D eigenvalue weighted by molar-refractivity contribution is 8.18. The quantitative estimate of drug-likeness (QED) is 0.707. The van der Waals surface area contributed by atoms with Crippen LogP contribution in [0.1, 0.15) is 18.9 Å². The minimum absolute atomic E-state index is 0.109. The molecule has 0 saturated carbocycles. The van der Waals surface area contributed by atoms with Gasteiger partial charge in [-0.05, 0) is 66.2 Å².